The summed E-state index contributed by atoms with van der Waals surface area (Å²) in [5.41, 5.74) is 7.13. The normalized spacial score (nSPS) is 13.2. The summed E-state index contributed by atoms with van der Waals surface area (Å²) in [6, 6.07) is 12.7. The van der Waals surface area contributed by atoms with Gasteiger partial charge in [-0.1, -0.05) is 0 Å². The first kappa shape index (κ1) is 16.0. The molecular weight excluding hydrogens is 308 g/mol. The van der Waals surface area contributed by atoms with Gasteiger partial charge in [-0.2, -0.15) is 0 Å². The molecule has 0 saturated carbocycles. The number of rotatable bonds is 6. The highest BCUT2D eigenvalue weighted by atomic mass is 16.5. The predicted octanol–water partition coefficient (Wildman–Crippen LogP) is 2.47. The Bertz CT molecular complexity index is 715. The summed E-state index contributed by atoms with van der Waals surface area (Å²) in [6.07, 6.45) is 0.710. The van der Waals surface area contributed by atoms with Crippen LogP contribution in [0.4, 0.5) is 11.4 Å². The lowest BCUT2D eigenvalue weighted by molar-refractivity contribution is -0.121. The number of hydrogen-bond acceptors (Lipinski definition) is 5. The third-order valence-corrected chi connectivity index (χ3v) is 3.78. The molecule has 0 aromatic heterocycles. The second-order valence-corrected chi connectivity index (χ2v) is 5.44. The molecule has 126 valence electrons. The van der Waals surface area contributed by atoms with Gasteiger partial charge in [0.05, 0.1) is 19.4 Å². The van der Waals surface area contributed by atoms with Crippen LogP contribution in [0.5, 0.6) is 17.2 Å². The van der Waals surface area contributed by atoms with E-state index in [-0.39, 0.29) is 12.5 Å². The molecule has 2 N–H and O–H groups in total. The summed E-state index contributed by atoms with van der Waals surface area (Å²) >= 11 is 0. The monoisotopic (exact) mass is 328 g/mol. The van der Waals surface area contributed by atoms with E-state index in [1.165, 1.54) is 0 Å². The fraction of sp³-hybridized carbons (Fsp3) is 0.278. The van der Waals surface area contributed by atoms with Gasteiger partial charge in [0.1, 0.15) is 17.2 Å². The van der Waals surface area contributed by atoms with Crippen LogP contribution >= 0.6 is 0 Å². The molecule has 24 heavy (non-hydrogen) atoms. The summed E-state index contributed by atoms with van der Waals surface area (Å²) < 4.78 is 16.2. The maximum Gasteiger partial charge on any atom is 0.265 e. The van der Waals surface area contributed by atoms with Crippen molar-refractivity contribution in [3.63, 3.8) is 0 Å². The molecular formula is C18H20N2O4. The number of carbonyl (C=O) groups is 1. The van der Waals surface area contributed by atoms with Gasteiger partial charge in [-0.25, -0.2) is 0 Å². The van der Waals surface area contributed by atoms with E-state index in [9.17, 15) is 4.79 Å². The zero-order valence-corrected chi connectivity index (χ0v) is 13.5. The van der Waals surface area contributed by atoms with Gasteiger partial charge in [-0.05, 0) is 42.8 Å². The Morgan fingerprint density at radius 3 is 2.67 bits per heavy atom. The lowest BCUT2D eigenvalue weighted by Crippen LogP contribution is -2.39. The highest BCUT2D eigenvalue weighted by molar-refractivity contribution is 5.98. The summed E-state index contributed by atoms with van der Waals surface area (Å²) in [6.45, 7) is 1.12. The van der Waals surface area contributed by atoms with Crippen LogP contribution in [0, 0.1) is 0 Å². The van der Waals surface area contributed by atoms with Crippen LogP contribution in [0.2, 0.25) is 0 Å². The number of nitrogens with two attached hydrogens (primary N) is 1. The van der Waals surface area contributed by atoms with Crippen LogP contribution in [0.25, 0.3) is 0 Å². The second-order valence-electron chi connectivity index (χ2n) is 5.44. The third-order valence-electron chi connectivity index (χ3n) is 3.78. The largest absolute Gasteiger partial charge is 0.497 e. The molecule has 0 unspecified atom stereocenters. The van der Waals surface area contributed by atoms with Gasteiger partial charge in [-0.3, -0.25) is 4.79 Å². The first-order valence-corrected chi connectivity index (χ1v) is 7.77. The molecule has 0 aliphatic carbocycles. The Hall–Kier alpha value is -2.89. The number of methoxy groups -OCH3 is 1. The average molecular weight is 328 g/mol. The minimum Gasteiger partial charge on any atom is -0.497 e. The summed E-state index contributed by atoms with van der Waals surface area (Å²) in [5.74, 6) is 2.15. The lowest BCUT2D eigenvalue weighted by atomic mass is 10.2. The third kappa shape index (κ3) is 3.53. The Labute approximate surface area is 140 Å². The summed E-state index contributed by atoms with van der Waals surface area (Å²) in [7, 11) is 1.63. The number of anilines is 2. The quantitative estimate of drug-likeness (QED) is 0.651. The zero-order valence-electron chi connectivity index (χ0n) is 13.5. The van der Waals surface area contributed by atoms with Gasteiger partial charge in [0.25, 0.3) is 5.91 Å². The number of carbonyl (C=O) groups excluding carboxylic acids is 1. The fourth-order valence-corrected chi connectivity index (χ4v) is 2.55. The van der Waals surface area contributed by atoms with Crippen molar-refractivity contribution in [2.45, 2.75) is 6.42 Å². The van der Waals surface area contributed by atoms with Crippen molar-refractivity contribution in [2.24, 2.45) is 0 Å². The van der Waals surface area contributed by atoms with Crippen LogP contribution in [0.3, 0.4) is 0 Å². The Morgan fingerprint density at radius 2 is 1.92 bits per heavy atom. The molecule has 0 bridgehead atoms. The van der Waals surface area contributed by atoms with Crippen molar-refractivity contribution in [2.75, 3.05) is 37.5 Å². The van der Waals surface area contributed by atoms with Gasteiger partial charge < -0.3 is 24.8 Å². The van der Waals surface area contributed by atoms with Gasteiger partial charge in [-0.15, -0.1) is 0 Å². The number of ether oxygens (including phenoxy) is 3. The van der Waals surface area contributed by atoms with Crippen LogP contribution < -0.4 is 24.8 Å². The van der Waals surface area contributed by atoms with Gasteiger partial charge in [0, 0.05) is 18.3 Å². The molecule has 6 heteroatoms. The molecule has 0 fully saturated rings. The lowest BCUT2D eigenvalue weighted by Gasteiger charge is -2.29. The number of hydrogen-bond donors (Lipinski definition) is 1. The minimum absolute atomic E-state index is 0.0375. The first-order chi connectivity index (χ1) is 11.7. The second kappa shape index (κ2) is 7.12. The maximum atomic E-state index is 12.1. The molecule has 1 aliphatic rings. The molecule has 1 aliphatic heterocycles. The summed E-state index contributed by atoms with van der Waals surface area (Å²) in [4.78, 5) is 13.8. The molecule has 2 aromatic rings. The van der Waals surface area contributed by atoms with E-state index < -0.39 is 0 Å². The number of fused-ring (bicyclic) bond motifs is 1. The van der Waals surface area contributed by atoms with Crippen molar-refractivity contribution in [1.82, 2.24) is 0 Å². The van der Waals surface area contributed by atoms with E-state index in [2.05, 4.69) is 0 Å². The van der Waals surface area contributed by atoms with E-state index in [0.717, 1.165) is 17.2 Å². The SMILES string of the molecule is COc1ccc(OCCCN2C(=O)COc3cc(N)ccc32)cc1. The van der Waals surface area contributed by atoms with Crippen LogP contribution in [-0.4, -0.2) is 32.8 Å². The molecule has 0 spiro atoms. The van der Waals surface area contributed by atoms with Gasteiger partial charge in [0.2, 0.25) is 0 Å². The zero-order chi connectivity index (χ0) is 16.9. The Morgan fingerprint density at radius 1 is 1.17 bits per heavy atom. The first-order valence-electron chi connectivity index (χ1n) is 7.77. The van der Waals surface area contributed by atoms with Crippen LogP contribution in [0.15, 0.2) is 42.5 Å². The van der Waals surface area contributed by atoms with Crippen molar-refractivity contribution < 1.29 is 19.0 Å². The Balaban J connectivity index is 1.55. The molecule has 1 amide bonds. The van der Waals surface area contributed by atoms with Crippen molar-refractivity contribution >= 4 is 17.3 Å². The van der Waals surface area contributed by atoms with E-state index in [0.29, 0.717) is 31.0 Å². The average Bonchev–Trinajstić information content (AvgIpc) is 2.60. The summed E-state index contributed by atoms with van der Waals surface area (Å²) in [5, 5.41) is 0. The standard InChI is InChI=1S/C18H20N2O4/c1-22-14-4-6-15(7-5-14)23-10-2-9-20-16-8-3-13(19)11-17(16)24-12-18(20)21/h3-8,11H,2,9-10,12,19H2,1H3. The predicted molar refractivity (Wildman–Crippen MR) is 91.8 cm³/mol. The number of amides is 1. The molecule has 0 radical (unpaired) electrons. The number of benzene rings is 2. The van der Waals surface area contributed by atoms with Crippen LogP contribution in [-0.2, 0) is 4.79 Å². The molecule has 0 saturated heterocycles. The van der Waals surface area contributed by atoms with Crippen molar-refractivity contribution in [3.05, 3.63) is 42.5 Å². The number of nitrogen functional groups attached to an aromatic ring is 1. The van der Waals surface area contributed by atoms with Gasteiger partial charge in [0.15, 0.2) is 6.61 Å². The Kier molecular flexibility index (Phi) is 4.74. The van der Waals surface area contributed by atoms with Gasteiger partial charge >= 0.3 is 0 Å². The van der Waals surface area contributed by atoms with E-state index in [1.54, 1.807) is 24.1 Å². The van der Waals surface area contributed by atoms with E-state index in [1.807, 2.05) is 30.3 Å². The topological polar surface area (TPSA) is 74.0 Å². The minimum atomic E-state index is -0.0586. The molecule has 3 rings (SSSR count). The molecule has 2 aromatic carbocycles. The van der Waals surface area contributed by atoms with Crippen molar-refractivity contribution in [3.8, 4) is 17.2 Å². The highest BCUT2D eigenvalue weighted by Gasteiger charge is 2.25. The molecule has 1 heterocycles. The smallest absolute Gasteiger partial charge is 0.265 e. The molecule has 6 nitrogen and oxygen atoms in total. The maximum absolute atomic E-state index is 12.1. The number of nitrogens with zero attached hydrogens (tertiary/aromatic N) is 1. The van der Waals surface area contributed by atoms with E-state index in [4.69, 9.17) is 19.9 Å². The fourth-order valence-electron chi connectivity index (χ4n) is 2.55. The van der Waals surface area contributed by atoms with Crippen LogP contribution in [0.1, 0.15) is 6.42 Å². The molecule has 0 atom stereocenters. The van der Waals surface area contributed by atoms with E-state index >= 15 is 0 Å². The highest BCUT2D eigenvalue weighted by Crippen LogP contribution is 2.33. The van der Waals surface area contributed by atoms with Crippen molar-refractivity contribution in [1.29, 1.82) is 0 Å².